The molecule has 2 aromatic rings. The van der Waals surface area contributed by atoms with Gasteiger partial charge in [-0.15, -0.1) is 0 Å². The molecule has 2 atom stereocenters. The number of benzene rings is 2. The number of esters is 2. The number of hydrogen-bond donors (Lipinski definition) is 1. The zero-order valence-electron chi connectivity index (χ0n) is 19.8. The van der Waals surface area contributed by atoms with Crippen molar-refractivity contribution in [2.45, 2.75) is 18.4 Å². The monoisotopic (exact) mass is 499 g/mol. The molecule has 0 amide bonds. The molecule has 0 radical (unpaired) electrons. The summed E-state index contributed by atoms with van der Waals surface area (Å²) in [7, 11) is 5.94. The maximum absolute atomic E-state index is 13.5. The van der Waals surface area contributed by atoms with Gasteiger partial charge in [-0.1, -0.05) is 29.8 Å². The molecule has 0 aliphatic carbocycles. The Hall–Kier alpha value is -3.49. The molecule has 2 aliphatic heterocycles. The molecule has 9 heteroatoms. The summed E-state index contributed by atoms with van der Waals surface area (Å²) in [5, 5.41) is 3.80. The van der Waals surface area contributed by atoms with Crippen LogP contribution in [0.2, 0.25) is 5.02 Å². The van der Waals surface area contributed by atoms with Crippen LogP contribution in [0.25, 0.3) is 0 Å². The Kier molecular flexibility index (Phi) is 7.33. The summed E-state index contributed by atoms with van der Waals surface area (Å²) in [5.74, 6) is -0.698. The van der Waals surface area contributed by atoms with E-state index in [-0.39, 0.29) is 12.2 Å². The van der Waals surface area contributed by atoms with Crippen molar-refractivity contribution in [2.75, 3.05) is 35.0 Å². The number of carbonyl (C=O) groups excluding carboxylic acids is 2. The Morgan fingerprint density at radius 1 is 1.03 bits per heavy atom. The van der Waals surface area contributed by atoms with E-state index >= 15 is 0 Å². The molecule has 35 heavy (non-hydrogen) atoms. The predicted octanol–water partition coefficient (Wildman–Crippen LogP) is 4.06. The van der Waals surface area contributed by atoms with Crippen LogP contribution in [0.1, 0.15) is 29.6 Å². The number of dihydropyridines is 1. The first-order valence-electron chi connectivity index (χ1n) is 10.9. The zero-order chi connectivity index (χ0) is 25.1. The van der Waals surface area contributed by atoms with Crippen molar-refractivity contribution in [3.8, 4) is 11.5 Å². The van der Waals surface area contributed by atoms with Gasteiger partial charge in [0.1, 0.15) is 6.10 Å². The number of carbonyl (C=O) groups is 2. The van der Waals surface area contributed by atoms with Gasteiger partial charge < -0.3 is 29.0 Å². The second-order valence-corrected chi connectivity index (χ2v) is 8.47. The van der Waals surface area contributed by atoms with E-state index in [1.807, 2.05) is 6.07 Å². The van der Waals surface area contributed by atoms with Crippen LogP contribution in [0.3, 0.4) is 0 Å². The molecule has 0 fully saturated rings. The van der Waals surface area contributed by atoms with Crippen LogP contribution in [0.5, 0.6) is 11.5 Å². The lowest BCUT2D eigenvalue weighted by atomic mass is 9.78. The number of halogens is 1. The van der Waals surface area contributed by atoms with E-state index in [1.165, 1.54) is 14.2 Å². The summed E-state index contributed by atoms with van der Waals surface area (Å²) >= 11 is 6.10. The first kappa shape index (κ1) is 24.6. The van der Waals surface area contributed by atoms with Gasteiger partial charge in [0.25, 0.3) is 0 Å². The van der Waals surface area contributed by atoms with E-state index in [2.05, 4.69) is 5.32 Å². The second-order valence-electron chi connectivity index (χ2n) is 8.03. The standard InChI is InChI=1S/C26H26ClNO7/c1-31-13-18-24(25(29)34-4)22(14-5-8-16(27)9-6-14)23-17(28-18)12-20(35-26(23)30)15-7-10-19(32-2)21(11-15)33-3/h5-11,20,22,28H,12-13H2,1-4H3. The molecule has 8 nitrogen and oxygen atoms in total. The minimum atomic E-state index is -0.708. The Morgan fingerprint density at radius 3 is 2.34 bits per heavy atom. The minimum Gasteiger partial charge on any atom is -0.493 e. The van der Waals surface area contributed by atoms with Gasteiger partial charge in [0.05, 0.1) is 50.7 Å². The molecule has 0 saturated heterocycles. The second kappa shape index (κ2) is 10.4. The summed E-state index contributed by atoms with van der Waals surface area (Å²) in [5.41, 5.74) is 3.28. The predicted molar refractivity (Wildman–Crippen MR) is 128 cm³/mol. The molecule has 0 spiro atoms. The van der Waals surface area contributed by atoms with Crippen LogP contribution >= 0.6 is 11.6 Å². The molecule has 2 aromatic carbocycles. The molecule has 2 unspecified atom stereocenters. The summed E-state index contributed by atoms with van der Waals surface area (Å²) in [4.78, 5) is 26.4. The lowest BCUT2D eigenvalue weighted by Crippen LogP contribution is -2.38. The summed E-state index contributed by atoms with van der Waals surface area (Å²) in [6, 6.07) is 12.4. The van der Waals surface area contributed by atoms with Crippen molar-refractivity contribution in [3.63, 3.8) is 0 Å². The van der Waals surface area contributed by atoms with Gasteiger partial charge in [0.15, 0.2) is 11.5 Å². The average molecular weight is 500 g/mol. The van der Waals surface area contributed by atoms with Gasteiger partial charge in [-0.05, 0) is 35.4 Å². The smallest absolute Gasteiger partial charge is 0.337 e. The highest BCUT2D eigenvalue weighted by Crippen LogP contribution is 2.45. The molecular formula is C26H26ClNO7. The van der Waals surface area contributed by atoms with Gasteiger partial charge in [-0.3, -0.25) is 0 Å². The van der Waals surface area contributed by atoms with Crippen molar-refractivity contribution in [1.29, 1.82) is 0 Å². The van der Waals surface area contributed by atoms with Gasteiger partial charge in [-0.25, -0.2) is 9.59 Å². The third kappa shape index (κ3) is 4.72. The Labute approximate surface area is 208 Å². The highest BCUT2D eigenvalue weighted by Gasteiger charge is 2.43. The third-order valence-corrected chi connectivity index (χ3v) is 6.32. The van der Waals surface area contributed by atoms with E-state index in [0.717, 1.165) is 5.56 Å². The normalized spacial score (nSPS) is 19.5. The molecule has 2 heterocycles. The molecule has 0 saturated carbocycles. The fourth-order valence-corrected chi connectivity index (χ4v) is 4.59. The van der Waals surface area contributed by atoms with Crippen LogP contribution in [0.15, 0.2) is 65.0 Å². The lowest BCUT2D eigenvalue weighted by Gasteiger charge is -2.37. The molecular weight excluding hydrogens is 474 g/mol. The average Bonchev–Trinajstić information content (AvgIpc) is 2.87. The maximum atomic E-state index is 13.5. The van der Waals surface area contributed by atoms with E-state index in [0.29, 0.717) is 45.5 Å². The number of rotatable bonds is 7. The number of hydrogen-bond acceptors (Lipinski definition) is 8. The van der Waals surface area contributed by atoms with Gasteiger partial charge in [0, 0.05) is 24.3 Å². The highest BCUT2D eigenvalue weighted by molar-refractivity contribution is 6.30. The van der Waals surface area contributed by atoms with Crippen LogP contribution in [0.4, 0.5) is 0 Å². The first-order chi connectivity index (χ1) is 16.9. The largest absolute Gasteiger partial charge is 0.493 e. The van der Waals surface area contributed by atoms with Crippen molar-refractivity contribution in [2.24, 2.45) is 0 Å². The number of cyclic esters (lactones) is 1. The van der Waals surface area contributed by atoms with Gasteiger partial charge >= 0.3 is 11.9 Å². The summed E-state index contributed by atoms with van der Waals surface area (Å²) < 4.78 is 27.0. The molecule has 4 rings (SSSR count). The number of ether oxygens (including phenoxy) is 5. The maximum Gasteiger partial charge on any atom is 0.337 e. The Balaban J connectivity index is 1.81. The van der Waals surface area contributed by atoms with E-state index in [4.69, 9.17) is 35.3 Å². The van der Waals surface area contributed by atoms with Crippen LogP contribution in [-0.2, 0) is 23.8 Å². The van der Waals surface area contributed by atoms with Crippen LogP contribution in [-0.4, -0.2) is 47.0 Å². The molecule has 0 bridgehead atoms. The minimum absolute atomic E-state index is 0.126. The van der Waals surface area contributed by atoms with E-state index < -0.39 is 24.0 Å². The Morgan fingerprint density at radius 2 is 1.71 bits per heavy atom. The van der Waals surface area contributed by atoms with Crippen molar-refractivity contribution in [3.05, 3.63) is 81.2 Å². The molecule has 1 N–H and O–H groups in total. The van der Waals surface area contributed by atoms with Crippen molar-refractivity contribution >= 4 is 23.5 Å². The quantitative estimate of drug-likeness (QED) is 0.570. The summed E-state index contributed by atoms with van der Waals surface area (Å²) in [6.45, 7) is 0.126. The fourth-order valence-electron chi connectivity index (χ4n) is 4.47. The van der Waals surface area contributed by atoms with Crippen LogP contribution < -0.4 is 14.8 Å². The Bertz CT molecular complexity index is 1200. The van der Waals surface area contributed by atoms with Crippen LogP contribution in [0, 0.1) is 0 Å². The first-order valence-corrected chi connectivity index (χ1v) is 11.3. The van der Waals surface area contributed by atoms with E-state index in [9.17, 15) is 9.59 Å². The topological polar surface area (TPSA) is 92.3 Å². The van der Waals surface area contributed by atoms with E-state index in [1.54, 1.807) is 50.6 Å². The third-order valence-electron chi connectivity index (χ3n) is 6.06. The van der Waals surface area contributed by atoms with Gasteiger partial charge in [0.2, 0.25) is 0 Å². The lowest BCUT2D eigenvalue weighted by molar-refractivity contribution is -0.146. The van der Waals surface area contributed by atoms with Crippen molar-refractivity contribution in [1.82, 2.24) is 5.32 Å². The number of methoxy groups -OCH3 is 4. The zero-order valence-corrected chi connectivity index (χ0v) is 20.6. The number of nitrogens with one attached hydrogen (secondary N) is 1. The fraction of sp³-hybridized carbons (Fsp3) is 0.308. The highest BCUT2D eigenvalue weighted by atomic mass is 35.5. The SMILES string of the molecule is COCC1=C(C(=O)OC)C(c2ccc(Cl)cc2)C2=C(CC(c3ccc(OC)c(OC)c3)OC2=O)N1. The molecule has 0 aromatic heterocycles. The van der Waals surface area contributed by atoms with Crippen molar-refractivity contribution < 1.29 is 33.3 Å². The molecule has 2 aliphatic rings. The summed E-state index contributed by atoms with van der Waals surface area (Å²) in [6.07, 6.45) is -0.203. The van der Waals surface area contributed by atoms with Gasteiger partial charge in [-0.2, -0.15) is 0 Å². The molecule has 184 valence electrons.